The highest BCUT2D eigenvalue weighted by Crippen LogP contribution is 2.30. The van der Waals surface area contributed by atoms with Crippen molar-refractivity contribution in [1.29, 1.82) is 0 Å². The Kier molecular flexibility index (Phi) is 6.45. The van der Waals surface area contributed by atoms with Crippen molar-refractivity contribution in [3.63, 3.8) is 0 Å². The lowest BCUT2D eigenvalue weighted by Gasteiger charge is -2.40. The monoisotopic (exact) mass is 243 g/mol. The molecule has 1 atom stereocenters. The van der Waals surface area contributed by atoms with E-state index < -0.39 is 0 Å². The molecule has 0 radical (unpaired) electrons. The molecule has 1 rings (SSSR count). The topological polar surface area (TPSA) is 41.5 Å². The van der Waals surface area contributed by atoms with E-state index in [1.165, 1.54) is 25.7 Å². The Morgan fingerprint density at radius 2 is 2.06 bits per heavy atom. The molecule has 3 heteroatoms. The van der Waals surface area contributed by atoms with Crippen molar-refractivity contribution < 1.29 is 9.84 Å². The number of β-amino-alcohol motifs (C(OH)–C–C–N with tert-alkyl or cyclic N) is 1. The molecule has 0 bridgehead atoms. The zero-order chi connectivity index (χ0) is 12.7. The van der Waals surface area contributed by atoms with Crippen molar-refractivity contribution in [2.45, 2.75) is 64.5 Å². The third kappa shape index (κ3) is 6.39. The molecule has 3 nitrogen and oxygen atoms in total. The van der Waals surface area contributed by atoms with E-state index in [1.54, 1.807) is 0 Å². The predicted octanol–water partition coefficient (Wildman–Crippen LogP) is 2.33. The first kappa shape index (κ1) is 14.9. The van der Waals surface area contributed by atoms with Crippen molar-refractivity contribution >= 4 is 0 Å². The normalized spacial score (nSPS) is 20.3. The molecule has 0 aromatic heterocycles. The van der Waals surface area contributed by atoms with Gasteiger partial charge in [-0.1, -0.05) is 13.8 Å². The van der Waals surface area contributed by atoms with Crippen LogP contribution < -0.4 is 5.32 Å². The van der Waals surface area contributed by atoms with Gasteiger partial charge in [-0.15, -0.1) is 0 Å². The Morgan fingerprint density at radius 1 is 1.35 bits per heavy atom. The molecule has 2 N–H and O–H groups in total. The molecule has 0 heterocycles. The van der Waals surface area contributed by atoms with Gasteiger partial charge in [-0.3, -0.25) is 0 Å². The van der Waals surface area contributed by atoms with Gasteiger partial charge >= 0.3 is 0 Å². The molecule has 1 unspecified atom stereocenters. The van der Waals surface area contributed by atoms with E-state index in [0.29, 0.717) is 13.2 Å². The molecule has 0 spiro atoms. The summed E-state index contributed by atoms with van der Waals surface area (Å²) in [4.78, 5) is 0. The predicted molar refractivity (Wildman–Crippen MR) is 71.2 cm³/mol. The van der Waals surface area contributed by atoms with Crippen LogP contribution in [0.3, 0.4) is 0 Å². The largest absolute Gasteiger partial charge is 0.389 e. The molecule has 1 saturated carbocycles. The lowest BCUT2D eigenvalue weighted by Crippen LogP contribution is -2.51. The Bertz CT molecular complexity index is 202. The van der Waals surface area contributed by atoms with Gasteiger partial charge in [-0.05, 0) is 44.9 Å². The summed E-state index contributed by atoms with van der Waals surface area (Å²) in [7, 11) is 0. The van der Waals surface area contributed by atoms with Crippen LogP contribution in [0.15, 0.2) is 0 Å². The smallest absolute Gasteiger partial charge is 0.0897 e. The molecule has 1 fully saturated rings. The van der Waals surface area contributed by atoms with Gasteiger partial charge < -0.3 is 15.2 Å². The van der Waals surface area contributed by atoms with Gasteiger partial charge in [0, 0.05) is 18.7 Å². The fourth-order valence-electron chi connectivity index (χ4n) is 2.12. The van der Waals surface area contributed by atoms with E-state index >= 15 is 0 Å². The molecule has 0 aromatic carbocycles. The fourth-order valence-corrected chi connectivity index (χ4v) is 2.12. The summed E-state index contributed by atoms with van der Waals surface area (Å²) in [6, 6.07) is 0. The van der Waals surface area contributed by atoms with Crippen molar-refractivity contribution in [2.75, 3.05) is 19.8 Å². The summed E-state index contributed by atoms with van der Waals surface area (Å²) in [5, 5.41) is 13.2. The minimum atomic E-state index is -0.369. The highest BCUT2D eigenvalue weighted by atomic mass is 16.5. The number of aliphatic hydroxyl groups is 1. The summed E-state index contributed by atoms with van der Waals surface area (Å²) in [6.45, 7) is 8.55. The highest BCUT2D eigenvalue weighted by molar-refractivity contribution is 4.91. The van der Waals surface area contributed by atoms with Crippen molar-refractivity contribution in [1.82, 2.24) is 5.32 Å². The molecule has 1 aliphatic rings. The van der Waals surface area contributed by atoms with Crippen molar-refractivity contribution in [3.8, 4) is 0 Å². The number of nitrogens with one attached hydrogen (secondary N) is 1. The summed E-state index contributed by atoms with van der Waals surface area (Å²) in [5.74, 6) is 0.740. The molecule has 102 valence electrons. The van der Waals surface area contributed by atoms with Gasteiger partial charge in [0.1, 0.15) is 0 Å². The summed E-state index contributed by atoms with van der Waals surface area (Å²) in [5.41, 5.74) is 0.276. The molecule has 0 amide bonds. The second-order valence-electron chi connectivity index (χ2n) is 6.06. The van der Waals surface area contributed by atoms with Crippen molar-refractivity contribution in [3.05, 3.63) is 0 Å². The molecule has 0 saturated heterocycles. The molecule has 1 aliphatic carbocycles. The number of hydrogen-bond acceptors (Lipinski definition) is 3. The zero-order valence-electron chi connectivity index (χ0n) is 11.7. The van der Waals surface area contributed by atoms with Crippen LogP contribution in [0.25, 0.3) is 0 Å². The molecule has 0 aliphatic heterocycles. The quantitative estimate of drug-likeness (QED) is 0.611. The lowest BCUT2D eigenvalue weighted by atomic mass is 9.78. The summed E-state index contributed by atoms with van der Waals surface area (Å²) in [6.07, 6.45) is 5.70. The average molecular weight is 243 g/mol. The van der Waals surface area contributed by atoms with E-state index in [4.69, 9.17) is 4.74 Å². The van der Waals surface area contributed by atoms with Gasteiger partial charge in [0.25, 0.3) is 0 Å². The maximum atomic E-state index is 9.75. The minimum absolute atomic E-state index is 0.276. The Morgan fingerprint density at radius 3 is 2.59 bits per heavy atom. The van der Waals surface area contributed by atoms with Crippen LogP contribution in [0.1, 0.15) is 52.9 Å². The van der Waals surface area contributed by atoms with Gasteiger partial charge in [0.05, 0.1) is 12.7 Å². The second kappa shape index (κ2) is 7.34. The number of ether oxygens (including phenoxy) is 1. The number of aliphatic hydroxyl groups excluding tert-OH is 1. The molecular formula is C14H29NO2. The third-order valence-corrected chi connectivity index (χ3v) is 3.60. The number of hydrogen-bond donors (Lipinski definition) is 2. The standard InChI is InChI=1S/C14H29NO2/c1-12(2)6-4-9-17-11-13(16)10-15-14(3)7-5-8-14/h12-13,15-16H,4-11H2,1-3H3. The highest BCUT2D eigenvalue weighted by Gasteiger charge is 2.31. The summed E-state index contributed by atoms with van der Waals surface area (Å²) >= 11 is 0. The fraction of sp³-hybridized carbons (Fsp3) is 1.00. The van der Waals surface area contributed by atoms with Crippen molar-refractivity contribution in [2.24, 2.45) is 5.92 Å². The van der Waals surface area contributed by atoms with Crippen LogP contribution in [-0.4, -0.2) is 36.5 Å². The lowest BCUT2D eigenvalue weighted by molar-refractivity contribution is 0.0273. The van der Waals surface area contributed by atoms with E-state index in [-0.39, 0.29) is 11.6 Å². The summed E-state index contributed by atoms with van der Waals surface area (Å²) < 4.78 is 5.47. The van der Waals surface area contributed by atoms with Crippen LogP contribution in [0.4, 0.5) is 0 Å². The van der Waals surface area contributed by atoms with Gasteiger partial charge in [0.2, 0.25) is 0 Å². The Hall–Kier alpha value is -0.120. The number of rotatable bonds is 9. The maximum Gasteiger partial charge on any atom is 0.0897 e. The first-order valence-electron chi connectivity index (χ1n) is 7.03. The Balaban J connectivity index is 1.92. The first-order chi connectivity index (χ1) is 8.02. The van der Waals surface area contributed by atoms with E-state index in [0.717, 1.165) is 18.9 Å². The first-order valence-corrected chi connectivity index (χ1v) is 7.03. The molecule has 0 aromatic rings. The third-order valence-electron chi connectivity index (χ3n) is 3.60. The molecule has 17 heavy (non-hydrogen) atoms. The van der Waals surface area contributed by atoms with Gasteiger partial charge in [0.15, 0.2) is 0 Å². The minimum Gasteiger partial charge on any atom is -0.389 e. The zero-order valence-corrected chi connectivity index (χ0v) is 11.7. The van der Waals surface area contributed by atoms with E-state index in [9.17, 15) is 5.11 Å². The SMILES string of the molecule is CC(C)CCCOCC(O)CNC1(C)CCC1. The van der Waals surface area contributed by atoms with Crippen LogP contribution in [0.2, 0.25) is 0 Å². The van der Waals surface area contributed by atoms with E-state index in [2.05, 4.69) is 26.1 Å². The van der Waals surface area contributed by atoms with Crippen LogP contribution in [-0.2, 0) is 4.74 Å². The van der Waals surface area contributed by atoms with E-state index in [1.807, 2.05) is 0 Å². The van der Waals surface area contributed by atoms with Gasteiger partial charge in [-0.25, -0.2) is 0 Å². The van der Waals surface area contributed by atoms with Gasteiger partial charge in [-0.2, -0.15) is 0 Å². The van der Waals surface area contributed by atoms with Crippen LogP contribution in [0, 0.1) is 5.92 Å². The average Bonchev–Trinajstić information content (AvgIpc) is 2.23. The second-order valence-corrected chi connectivity index (χ2v) is 6.06. The van der Waals surface area contributed by atoms with Crippen LogP contribution >= 0.6 is 0 Å². The Labute approximate surface area is 106 Å². The molecular weight excluding hydrogens is 214 g/mol. The van der Waals surface area contributed by atoms with Crippen LogP contribution in [0.5, 0.6) is 0 Å². The maximum absolute atomic E-state index is 9.75.